The molecule has 5 rings (SSSR count). The van der Waals surface area contributed by atoms with Crippen molar-refractivity contribution in [1.29, 1.82) is 0 Å². The largest absolute Gasteiger partial charge is 0.497 e. The van der Waals surface area contributed by atoms with Gasteiger partial charge in [0.05, 0.1) is 19.1 Å². The molecule has 0 unspecified atom stereocenters. The number of benzene rings is 4. The Balaban J connectivity index is 1.56. The average Bonchev–Trinajstić information content (AvgIpc) is 2.90. The van der Waals surface area contributed by atoms with Crippen LogP contribution in [0.2, 0.25) is 0 Å². The molecule has 34 heavy (non-hydrogen) atoms. The van der Waals surface area contributed by atoms with E-state index in [2.05, 4.69) is 41.7 Å². The normalized spacial score (nSPS) is 17.1. The summed E-state index contributed by atoms with van der Waals surface area (Å²) in [7, 11) is 1.69. The number of carbonyl (C=O) groups excluding carboxylic acids is 1. The second kappa shape index (κ2) is 9.96. The minimum Gasteiger partial charge on any atom is -0.497 e. The Labute approximate surface area is 201 Å². The highest BCUT2D eigenvalue weighted by Crippen LogP contribution is 2.42. The molecule has 0 saturated carbocycles. The zero-order chi connectivity index (χ0) is 23.3. The molecule has 1 N–H and O–H groups in total. The zero-order valence-electron chi connectivity index (χ0n) is 19.4. The van der Waals surface area contributed by atoms with E-state index < -0.39 is 0 Å². The first kappa shape index (κ1) is 22.0. The fraction of sp³-hybridized carbons (Fsp3) is 0.194. The van der Waals surface area contributed by atoms with E-state index in [0.29, 0.717) is 0 Å². The number of hydrogen-bond donors (Lipinski definition) is 1. The van der Waals surface area contributed by atoms with E-state index >= 15 is 0 Å². The van der Waals surface area contributed by atoms with Gasteiger partial charge in [0.25, 0.3) is 0 Å². The van der Waals surface area contributed by atoms with Crippen LogP contribution in [0.25, 0.3) is 0 Å². The summed E-state index contributed by atoms with van der Waals surface area (Å²) in [4.78, 5) is 14.0. The van der Waals surface area contributed by atoms with Crippen LogP contribution in [0.15, 0.2) is 109 Å². The van der Waals surface area contributed by atoms with Crippen LogP contribution in [-0.4, -0.2) is 13.0 Å². The number of rotatable bonds is 6. The molecule has 1 amide bonds. The van der Waals surface area contributed by atoms with Crippen LogP contribution in [-0.2, 0) is 11.2 Å². The van der Waals surface area contributed by atoms with E-state index in [-0.39, 0.29) is 23.8 Å². The molecular formula is C31H29NO2. The summed E-state index contributed by atoms with van der Waals surface area (Å²) in [6, 6.07) is 36.7. The molecule has 3 nitrogen and oxygen atoms in total. The maximum atomic E-state index is 14.0. The molecule has 4 aromatic rings. The van der Waals surface area contributed by atoms with Crippen molar-refractivity contribution in [1.82, 2.24) is 5.32 Å². The Morgan fingerprint density at radius 1 is 0.824 bits per heavy atom. The van der Waals surface area contributed by atoms with Gasteiger partial charge in [-0.2, -0.15) is 0 Å². The third kappa shape index (κ3) is 4.47. The first-order valence-electron chi connectivity index (χ1n) is 11.9. The van der Waals surface area contributed by atoms with Gasteiger partial charge in [0.2, 0.25) is 5.91 Å². The van der Waals surface area contributed by atoms with Crippen molar-refractivity contribution in [3.8, 4) is 5.75 Å². The molecule has 170 valence electrons. The Morgan fingerprint density at radius 3 is 2.00 bits per heavy atom. The molecule has 0 radical (unpaired) electrons. The van der Waals surface area contributed by atoms with Gasteiger partial charge in [-0.05, 0) is 52.8 Å². The quantitative estimate of drug-likeness (QED) is 0.371. The van der Waals surface area contributed by atoms with Gasteiger partial charge in [0, 0.05) is 5.92 Å². The van der Waals surface area contributed by atoms with E-state index in [9.17, 15) is 4.79 Å². The van der Waals surface area contributed by atoms with Crippen molar-refractivity contribution >= 4 is 5.91 Å². The third-order valence-electron chi connectivity index (χ3n) is 6.87. The van der Waals surface area contributed by atoms with Gasteiger partial charge < -0.3 is 10.1 Å². The van der Waals surface area contributed by atoms with Crippen LogP contribution >= 0.6 is 0 Å². The minimum atomic E-state index is -0.380. The first-order valence-corrected chi connectivity index (χ1v) is 11.9. The van der Waals surface area contributed by atoms with Gasteiger partial charge in [-0.1, -0.05) is 97.1 Å². The molecule has 3 heteroatoms. The summed E-state index contributed by atoms with van der Waals surface area (Å²) in [6.07, 6.45) is 1.96. The minimum absolute atomic E-state index is 0.0130. The lowest BCUT2D eigenvalue weighted by Gasteiger charge is -2.36. The van der Waals surface area contributed by atoms with Crippen molar-refractivity contribution in [2.24, 2.45) is 0 Å². The first-order chi connectivity index (χ1) is 16.7. The van der Waals surface area contributed by atoms with Gasteiger partial charge >= 0.3 is 0 Å². The van der Waals surface area contributed by atoms with E-state index in [0.717, 1.165) is 35.3 Å². The summed E-state index contributed by atoms with van der Waals surface area (Å²) in [5.74, 6) is 0.639. The molecule has 2 atom stereocenters. The molecule has 0 aliphatic heterocycles. The summed E-state index contributed by atoms with van der Waals surface area (Å²) < 4.78 is 5.55. The topological polar surface area (TPSA) is 38.3 Å². The number of fused-ring (bicyclic) bond motifs is 1. The predicted octanol–water partition coefficient (Wildman–Crippen LogP) is 6.41. The standard InChI is InChI=1S/C31H29NO2/c1-34-26-19-17-23-18-20-27(22-11-5-2-6-12-22)30(28(23)21-26)32-31(33)29(24-13-7-3-8-14-24)25-15-9-4-10-16-25/h2-17,19,21,27,29-30H,18,20H2,1H3,(H,32,33)/t27-,30+/m1/s1. The van der Waals surface area contributed by atoms with E-state index in [1.807, 2.05) is 72.8 Å². The Bertz CT molecular complexity index is 1200. The van der Waals surface area contributed by atoms with Crippen molar-refractivity contribution < 1.29 is 9.53 Å². The van der Waals surface area contributed by atoms with E-state index in [1.54, 1.807) is 7.11 Å². The Hall–Kier alpha value is -3.85. The van der Waals surface area contributed by atoms with E-state index in [1.165, 1.54) is 11.1 Å². The SMILES string of the molecule is COc1ccc2c(c1)[C@@H](NC(=O)C(c1ccccc1)c1ccccc1)[C@@H](c1ccccc1)CC2. The summed E-state index contributed by atoms with van der Waals surface area (Å²) in [6.45, 7) is 0. The highest BCUT2D eigenvalue weighted by atomic mass is 16.5. The second-order valence-corrected chi connectivity index (χ2v) is 8.86. The molecular weight excluding hydrogens is 418 g/mol. The smallest absolute Gasteiger partial charge is 0.232 e. The Kier molecular flexibility index (Phi) is 6.44. The molecule has 1 aliphatic rings. The van der Waals surface area contributed by atoms with E-state index in [4.69, 9.17) is 4.74 Å². The molecule has 0 heterocycles. The number of amides is 1. The van der Waals surface area contributed by atoms with Gasteiger partial charge in [0.15, 0.2) is 0 Å². The predicted molar refractivity (Wildman–Crippen MR) is 136 cm³/mol. The third-order valence-corrected chi connectivity index (χ3v) is 6.87. The number of aryl methyl sites for hydroxylation is 1. The summed E-state index contributed by atoms with van der Waals surface area (Å²) >= 11 is 0. The Morgan fingerprint density at radius 2 is 1.41 bits per heavy atom. The monoisotopic (exact) mass is 447 g/mol. The summed E-state index contributed by atoms with van der Waals surface area (Å²) in [5.41, 5.74) is 5.65. The van der Waals surface area contributed by atoms with Crippen molar-refractivity contribution in [3.05, 3.63) is 137 Å². The van der Waals surface area contributed by atoms with Gasteiger partial charge in [0.1, 0.15) is 5.75 Å². The van der Waals surface area contributed by atoms with Crippen LogP contribution in [0.5, 0.6) is 5.75 Å². The highest BCUT2D eigenvalue weighted by Gasteiger charge is 2.34. The summed E-state index contributed by atoms with van der Waals surface area (Å²) in [5, 5.41) is 3.48. The number of hydrogen-bond acceptors (Lipinski definition) is 2. The average molecular weight is 448 g/mol. The molecule has 4 aromatic carbocycles. The zero-order valence-corrected chi connectivity index (χ0v) is 19.4. The number of ether oxygens (including phenoxy) is 1. The lowest BCUT2D eigenvalue weighted by atomic mass is 9.75. The fourth-order valence-corrected chi connectivity index (χ4v) is 5.17. The fourth-order valence-electron chi connectivity index (χ4n) is 5.17. The van der Waals surface area contributed by atoms with Crippen LogP contribution in [0.4, 0.5) is 0 Å². The lowest BCUT2D eigenvalue weighted by molar-refractivity contribution is -0.122. The molecule has 0 bridgehead atoms. The van der Waals surface area contributed by atoms with Crippen LogP contribution < -0.4 is 10.1 Å². The molecule has 1 aliphatic carbocycles. The number of carbonyl (C=O) groups is 1. The van der Waals surface area contributed by atoms with Gasteiger partial charge in [-0.3, -0.25) is 4.79 Å². The van der Waals surface area contributed by atoms with Crippen LogP contribution in [0, 0.1) is 0 Å². The molecule has 0 spiro atoms. The van der Waals surface area contributed by atoms with Crippen molar-refractivity contribution in [3.63, 3.8) is 0 Å². The van der Waals surface area contributed by atoms with Crippen molar-refractivity contribution in [2.45, 2.75) is 30.7 Å². The lowest BCUT2D eigenvalue weighted by Crippen LogP contribution is -2.38. The van der Waals surface area contributed by atoms with Crippen LogP contribution in [0.1, 0.15) is 52.1 Å². The van der Waals surface area contributed by atoms with Crippen LogP contribution in [0.3, 0.4) is 0 Å². The maximum Gasteiger partial charge on any atom is 0.232 e. The highest BCUT2D eigenvalue weighted by molar-refractivity contribution is 5.87. The number of methoxy groups -OCH3 is 1. The number of nitrogens with one attached hydrogen (secondary N) is 1. The molecule has 0 fully saturated rings. The van der Waals surface area contributed by atoms with Gasteiger partial charge in [-0.25, -0.2) is 0 Å². The molecule has 0 saturated heterocycles. The second-order valence-electron chi connectivity index (χ2n) is 8.86. The van der Waals surface area contributed by atoms with Crippen molar-refractivity contribution in [2.75, 3.05) is 7.11 Å². The van der Waals surface area contributed by atoms with Gasteiger partial charge in [-0.15, -0.1) is 0 Å². The maximum absolute atomic E-state index is 14.0. The molecule has 0 aromatic heterocycles.